The molecule has 6 aliphatic rings. The fraction of sp³-hybridized carbons (Fsp3) is 0.688. The van der Waals surface area contributed by atoms with Crippen LogP contribution < -0.4 is 15.4 Å². The number of anilines is 1. The van der Waals surface area contributed by atoms with Crippen LogP contribution in [0.5, 0.6) is 6.01 Å². The summed E-state index contributed by atoms with van der Waals surface area (Å²) < 4.78 is 21.0. The van der Waals surface area contributed by atoms with E-state index in [-0.39, 0.29) is 11.1 Å². The fourth-order valence-corrected chi connectivity index (χ4v) is 9.49. The molecular weight excluding hydrogens is 503 g/mol. The van der Waals surface area contributed by atoms with Gasteiger partial charge in [0.15, 0.2) is 0 Å². The standard InChI is InChI=1S/C32H43FN6O/c1-37-19-25-27(15-32(37)12-4-7-21-6-2-3-8-26(21)32)35-30(40-20-31-11-5-13-39(31)18-24(33)14-31)36-29(25)38-16-22-9-10-23(17-38)28(22)34/h2-3,6,8,22-24,28H,4-5,7,9-20,34H2,1H3/t22-,23+,24-,28-,31+,32+/m1/s1. The molecule has 3 saturated heterocycles. The van der Waals surface area contributed by atoms with Crippen LogP contribution in [0.15, 0.2) is 24.3 Å². The van der Waals surface area contributed by atoms with Gasteiger partial charge in [0, 0.05) is 50.6 Å². The number of piperidine rings is 1. The number of benzene rings is 1. The van der Waals surface area contributed by atoms with E-state index in [0.717, 1.165) is 69.8 Å². The van der Waals surface area contributed by atoms with Crippen LogP contribution in [0.2, 0.25) is 0 Å². The number of fused-ring (bicyclic) bond motifs is 6. The molecular formula is C32H43FN6O. The minimum atomic E-state index is -0.765. The number of ether oxygens (including phenoxy) is 1. The molecule has 214 valence electrons. The van der Waals surface area contributed by atoms with E-state index in [9.17, 15) is 4.39 Å². The number of nitrogens with zero attached hydrogens (tertiary/aromatic N) is 5. The quantitative estimate of drug-likeness (QED) is 0.625. The van der Waals surface area contributed by atoms with Crippen LogP contribution >= 0.6 is 0 Å². The summed E-state index contributed by atoms with van der Waals surface area (Å²) in [7, 11) is 2.29. The third-order valence-corrected chi connectivity index (χ3v) is 11.6. The van der Waals surface area contributed by atoms with Crippen LogP contribution in [0.3, 0.4) is 0 Å². The second-order valence-corrected chi connectivity index (χ2v) is 13.8. The number of aromatic nitrogens is 2. The van der Waals surface area contributed by atoms with Crippen LogP contribution in [0.25, 0.3) is 0 Å². The maximum absolute atomic E-state index is 14.5. The SMILES string of the molecule is CN1Cc2c(nc(OC[C@@]34CCCN3C[C@H](F)C4)nc2N2C[C@H]3CC[C@@H](C2)[C@@H]3N)C[C@]12CCCc1ccccc12. The van der Waals surface area contributed by atoms with Gasteiger partial charge in [-0.15, -0.1) is 0 Å². The molecule has 1 aromatic heterocycles. The van der Waals surface area contributed by atoms with Crippen LogP contribution in [-0.4, -0.2) is 77.4 Å². The van der Waals surface area contributed by atoms with Crippen LogP contribution in [0.1, 0.15) is 67.3 Å². The van der Waals surface area contributed by atoms with Gasteiger partial charge in [-0.1, -0.05) is 24.3 Å². The number of hydrogen-bond acceptors (Lipinski definition) is 7. The normalized spacial score (nSPS) is 37.0. The summed E-state index contributed by atoms with van der Waals surface area (Å²) in [6, 6.07) is 9.78. The first-order valence-corrected chi connectivity index (χ1v) is 15.7. The second-order valence-electron chi connectivity index (χ2n) is 13.8. The molecule has 40 heavy (non-hydrogen) atoms. The minimum Gasteiger partial charge on any atom is -0.461 e. The molecule has 1 spiro atoms. The molecule has 0 radical (unpaired) electrons. The molecule has 2 N–H and O–H groups in total. The van der Waals surface area contributed by atoms with Crippen molar-refractivity contribution in [2.45, 2.75) is 87.6 Å². The van der Waals surface area contributed by atoms with Crippen molar-refractivity contribution in [3.05, 3.63) is 46.6 Å². The number of hydrogen-bond donors (Lipinski definition) is 1. The Kier molecular flexibility index (Phi) is 5.95. The van der Waals surface area contributed by atoms with Gasteiger partial charge >= 0.3 is 6.01 Å². The molecule has 4 fully saturated rings. The Labute approximate surface area is 237 Å². The highest BCUT2D eigenvalue weighted by Gasteiger charge is 2.50. The van der Waals surface area contributed by atoms with E-state index in [2.05, 4.69) is 46.0 Å². The van der Waals surface area contributed by atoms with E-state index in [4.69, 9.17) is 20.4 Å². The monoisotopic (exact) mass is 546 g/mol. The Hall–Kier alpha value is -2.29. The van der Waals surface area contributed by atoms with Gasteiger partial charge in [0.05, 0.1) is 16.8 Å². The number of aryl methyl sites for hydroxylation is 1. The van der Waals surface area contributed by atoms with Gasteiger partial charge < -0.3 is 15.4 Å². The Morgan fingerprint density at radius 2 is 1.90 bits per heavy atom. The molecule has 1 aromatic carbocycles. The fourth-order valence-electron chi connectivity index (χ4n) is 9.49. The largest absolute Gasteiger partial charge is 0.461 e. The first-order valence-electron chi connectivity index (χ1n) is 15.7. The van der Waals surface area contributed by atoms with E-state index < -0.39 is 6.17 Å². The van der Waals surface area contributed by atoms with Crippen molar-refractivity contribution in [3.8, 4) is 6.01 Å². The lowest BCUT2D eigenvalue weighted by molar-refractivity contribution is 0.0713. The molecule has 4 aliphatic heterocycles. The first-order chi connectivity index (χ1) is 19.4. The Balaban J connectivity index is 1.17. The minimum absolute atomic E-state index is 0.0537. The van der Waals surface area contributed by atoms with E-state index in [1.807, 2.05) is 0 Å². The van der Waals surface area contributed by atoms with Crippen molar-refractivity contribution >= 4 is 5.82 Å². The van der Waals surface area contributed by atoms with E-state index in [1.54, 1.807) is 0 Å². The van der Waals surface area contributed by atoms with Crippen LogP contribution in [0.4, 0.5) is 10.2 Å². The molecule has 8 heteroatoms. The van der Waals surface area contributed by atoms with E-state index >= 15 is 0 Å². The van der Waals surface area contributed by atoms with Gasteiger partial charge in [0.25, 0.3) is 0 Å². The number of likely N-dealkylation sites (N-methyl/N-ethyl adjacent to an activating group) is 1. The average molecular weight is 547 g/mol. The van der Waals surface area contributed by atoms with Gasteiger partial charge in [0.2, 0.25) is 0 Å². The number of rotatable bonds is 4. The molecule has 2 aliphatic carbocycles. The lowest BCUT2D eigenvalue weighted by Gasteiger charge is -2.49. The zero-order chi connectivity index (χ0) is 27.1. The molecule has 2 bridgehead atoms. The highest BCUT2D eigenvalue weighted by Crippen LogP contribution is 2.48. The third-order valence-electron chi connectivity index (χ3n) is 11.6. The number of halogens is 1. The maximum atomic E-state index is 14.5. The Morgan fingerprint density at radius 1 is 1.07 bits per heavy atom. The van der Waals surface area contributed by atoms with Crippen molar-refractivity contribution in [1.82, 2.24) is 19.8 Å². The molecule has 0 amide bonds. The summed E-state index contributed by atoms with van der Waals surface area (Å²) in [4.78, 5) is 17.7. The van der Waals surface area contributed by atoms with Crippen molar-refractivity contribution in [2.24, 2.45) is 17.6 Å². The lowest BCUT2D eigenvalue weighted by Crippen LogP contribution is -2.52. The molecule has 7 nitrogen and oxygen atoms in total. The van der Waals surface area contributed by atoms with Crippen LogP contribution in [-0.2, 0) is 24.9 Å². The zero-order valence-corrected chi connectivity index (χ0v) is 23.8. The maximum Gasteiger partial charge on any atom is 0.318 e. The lowest BCUT2D eigenvalue weighted by atomic mass is 9.71. The summed E-state index contributed by atoms with van der Waals surface area (Å²) in [6.07, 6.45) is 8.65. The summed E-state index contributed by atoms with van der Waals surface area (Å²) >= 11 is 0. The summed E-state index contributed by atoms with van der Waals surface area (Å²) in [5.74, 6) is 2.10. The summed E-state index contributed by atoms with van der Waals surface area (Å²) in [5, 5.41) is 0. The summed E-state index contributed by atoms with van der Waals surface area (Å²) in [5.41, 5.74) is 11.7. The second kappa shape index (κ2) is 9.36. The first kappa shape index (κ1) is 25.4. The highest BCUT2D eigenvalue weighted by molar-refractivity contribution is 5.54. The average Bonchev–Trinajstić information content (AvgIpc) is 3.53. The van der Waals surface area contributed by atoms with Crippen molar-refractivity contribution in [1.29, 1.82) is 0 Å². The Morgan fingerprint density at radius 3 is 2.75 bits per heavy atom. The summed E-state index contributed by atoms with van der Waals surface area (Å²) in [6.45, 7) is 4.71. The molecule has 0 unspecified atom stereocenters. The van der Waals surface area contributed by atoms with Gasteiger partial charge in [-0.2, -0.15) is 9.97 Å². The van der Waals surface area contributed by atoms with E-state index in [0.29, 0.717) is 43.5 Å². The Bertz CT molecular complexity index is 1290. The smallest absolute Gasteiger partial charge is 0.318 e. The predicted molar refractivity (Wildman–Crippen MR) is 153 cm³/mol. The van der Waals surface area contributed by atoms with Gasteiger partial charge in [-0.3, -0.25) is 9.80 Å². The predicted octanol–water partition coefficient (Wildman–Crippen LogP) is 3.83. The molecule has 2 aromatic rings. The molecule has 5 heterocycles. The molecule has 8 rings (SSSR count). The van der Waals surface area contributed by atoms with Crippen LogP contribution in [0, 0.1) is 11.8 Å². The van der Waals surface area contributed by atoms with Gasteiger partial charge in [0.1, 0.15) is 18.6 Å². The van der Waals surface area contributed by atoms with Crippen molar-refractivity contribution < 1.29 is 9.13 Å². The van der Waals surface area contributed by atoms with E-state index in [1.165, 1.54) is 36.0 Å². The topological polar surface area (TPSA) is 70.8 Å². The highest BCUT2D eigenvalue weighted by atomic mass is 19.1. The van der Waals surface area contributed by atoms with Crippen molar-refractivity contribution in [2.75, 3.05) is 44.7 Å². The van der Waals surface area contributed by atoms with Crippen molar-refractivity contribution in [3.63, 3.8) is 0 Å². The zero-order valence-electron chi connectivity index (χ0n) is 23.8. The molecule has 6 atom stereocenters. The van der Waals surface area contributed by atoms with Gasteiger partial charge in [-0.05, 0) is 81.5 Å². The van der Waals surface area contributed by atoms with Gasteiger partial charge in [-0.25, -0.2) is 4.39 Å². The molecule has 1 saturated carbocycles. The number of alkyl halides is 1. The third kappa shape index (κ3) is 3.85. The number of nitrogens with two attached hydrogens (primary N) is 1.